The normalized spacial score (nSPS) is 20.7. The fraction of sp³-hybridized carbons (Fsp3) is 0.515. The molecule has 2 saturated carbocycles. The fourth-order valence-electron chi connectivity index (χ4n) is 5.58. The van der Waals surface area contributed by atoms with Crippen molar-refractivity contribution in [3.8, 4) is 11.5 Å². The van der Waals surface area contributed by atoms with Gasteiger partial charge in [-0.05, 0) is 106 Å². The number of benzene rings is 2. The first kappa shape index (κ1) is 36.9. The van der Waals surface area contributed by atoms with Crippen LogP contribution in [0.4, 0.5) is 0 Å². The fourth-order valence-corrected chi connectivity index (χ4v) is 5.58. The van der Waals surface area contributed by atoms with E-state index in [4.69, 9.17) is 29.8 Å². The van der Waals surface area contributed by atoms with Gasteiger partial charge in [0.25, 0.3) is 0 Å². The van der Waals surface area contributed by atoms with Crippen molar-refractivity contribution in [2.45, 2.75) is 91.6 Å². The molecule has 2 N–H and O–H groups in total. The number of rotatable bonds is 8. The zero-order valence-electron chi connectivity index (χ0n) is 25.4. The maximum Gasteiger partial charge on any atom is 2.00 e. The van der Waals surface area contributed by atoms with Gasteiger partial charge in [-0.25, -0.2) is 0 Å². The van der Waals surface area contributed by atoms with Crippen LogP contribution in [0.2, 0.25) is 0 Å². The second-order valence-corrected chi connectivity index (χ2v) is 12.0. The summed E-state index contributed by atoms with van der Waals surface area (Å²) in [5.74, 6) is 0.183. The molecule has 0 heterocycles. The van der Waals surface area contributed by atoms with E-state index in [1.54, 1.807) is 12.1 Å². The number of aliphatic imine (C=N–C) groups is 2. The third-order valence-electron chi connectivity index (χ3n) is 7.13. The standard InChI is InChI=1S/C29H38N2O2.2C2H4O2.Co/c1-19(2)11-21-5-7-26(32)24(13-21)17-30-28-15-23-9-10-29(28,16-23)31-18-25-14-22(12-20(3)4)6-8-27(25)33;2*1-2(3)4;/h5-8,13-14,17-20,23,28,32-33H,9-12,15-16H2,1-4H3;2*1H3,(H,3,4);/q;;;+2/p-2. The van der Waals surface area contributed by atoms with Gasteiger partial charge in [-0.2, -0.15) is 0 Å². The Morgan fingerprint density at radius 3 is 1.79 bits per heavy atom. The van der Waals surface area contributed by atoms with Crippen molar-refractivity contribution in [1.82, 2.24) is 0 Å². The first-order valence-electron chi connectivity index (χ1n) is 14.3. The number of aliphatic carboxylic acids is 2. The Labute approximate surface area is 260 Å². The Morgan fingerprint density at radius 1 is 0.905 bits per heavy atom. The molecule has 0 amide bonds. The van der Waals surface area contributed by atoms with Gasteiger partial charge >= 0.3 is 16.8 Å². The van der Waals surface area contributed by atoms with Crippen LogP contribution in [-0.2, 0) is 39.2 Å². The van der Waals surface area contributed by atoms with Crippen molar-refractivity contribution in [3.05, 3.63) is 58.7 Å². The molecular formula is C33H44CoN2O6. The summed E-state index contributed by atoms with van der Waals surface area (Å²) >= 11 is 0. The Kier molecular flexibility index (Phi) is 15.0. The Hall–Kier alpha value is -3.17. The number of fused-ring (bicyclic) bond motifs is 2. The van der Waals surface area contributed by atoms with E-state index in [0.29, 0.717) is 17.8 Å². The molecule has 0 aromatic heterocycles. The Bertz CT molecular complexity index is 1220. The van der Waals surface area contributed by atoms with E-state index in [-0.39, 0.29) is 39.9 Å². The van der Waals surface area contributed by atoms with Crippen molar-refractivity contribution in [2.24, 2.45) is 27.7 Å². The predicted octanol–water partition coefficient (Wildman–Crippen LogP) is 3.85. The van der Waals surface area contributed by atoms with E-state index >= 15 is 0 Å². The van der Waals surface area contributed by atoms with Crippen LogP contribution in [0.15, 0.2) is 46.4 Å². The topological polar surface area (TPSA) is 145 Å². The summed E-state index contributed by atoms with van der Waals surface area (Å²) in [6.07, 6.45) is 10.0. The molecule has 2 aliphatic rings. The van der Waals surface area contributed by atoms with Gasteiger partial charge in [-0.3, -0.25) is 9.98 Å². The molecule has 2 aromatic carbocycles. The molecule has 1 radical (unpaired) electrons. The van der Waals surface area contributed by atoms with Gasteiger partial charge in [0, 0.05) is 35.5 Å². The number of carbonyl (C=O) groups excluding carboxylic acids is 2. The molecule has 8 nitrogen and oxygen atoms in total. The minimum atomic E-state index is -1.08. The van der Waals surface area contributed by atoms with E-state index in [2.05, 4.69) is 39.8 Å². The van der Waals surface area contributed by atoms with Gasteiger partial charge in [0.2, 0.25) is 0 Å². The van der Waals surface area contributed by atoms with Crippen LogP contribution >= 0.6 is 0 Å². The summed E-state index contributed by atoms with van der Waals surface area (Å²) in [7, 11) is 0. The molecule has 2 aliphatic carbocycles. The molecule has 231 valence electrons. The molecule has 2 bridgehead atoms. The number of hydrogen-bond acceptors (Lipinski definition) is 8. The average molecular weight is 624 g/mol. The second-order valence-electron chi connectivity index (χ2n) is 12.0. The number of phenols is 2. The maximum absolute atomic E-state index is 10.4. The molecule has 0 saturated heterocycles. The van der Waals surface area contributed by atoms with Crippen molar-refractivity contribution in [3.63, 3.8) is 0 Å². The molecule has 3 unspecified atom stereocenters. The average Bonchev–Trinajstić information content (AvgIpc) is 3.42. The second kappa shape index (κ2) is 17.1. The monoisotopic (exact) mass is 623 g/mol. The largest absolute Gasteiger partial charge is 2.00 e. The summed E-state index contributed by atoms with van der Waals surface area (Å²) in [6.45, 7) is 10.8. The van der Waals surface area contributed by atoms with E-state index < -0.39 is 11.9 Å². The van der Waals surface area contributed by atoms with Gasteiger partial charge in [0.1, 0.15) is 11.5 Å². The van der Waals surface area contributed by atoms with Crippen LogP contribution < -0.4 is 10.2 Å². The zero-order valence-corrected chi connectivity index (χ0v) is 26.5. The summed E-state index contributed by atoms with van der Waals surface area (Å²) in [5, 5.41) is 38.5. The van der Waals surface area contributed by atoms with Gasteiger partial charge in [0.05, 0.1) is 11.6 Å². The molecule has 2 fully saturated rings. The number of carboxylic acid groups (broad SMARTS) is 2. The SMILES string of the molecule is CC(=O)[O-].CC(=O)[O-].CC(C)Cc1ccc(O)c(C=NC2CC3CCC2(N=Cc2cc(CC(C)C)ccc2O)C3)c1.[Co+2]. The van der Waals surface area contributed by atoms with Crippen LogP contribution in [0.3, 0.4) is 0 Å². The molecule has 42 heavy (non-hydrogen) atoms. The molecule has 4 rings (SSSR count). The van der Waals surface area contributed by atoms with Crippen molar-refractivity contribution >= 4 is 24.4 Å². The summed E-state index contributed by atoms with van der Waals surface area (Å²) in [6, 6.07) is 11.8. The van der Waals surface area contributed by atoms with Gasteiger partial charge in [0.15, 0.2) is 0 Å². The first-order valence-corrected chi connectivity index (χ1v) is 14.3. The van der Waals surface area contributed by atoms with E-state index in [1.165, 1.54) is 17.5 Å². The molecule has 2 aromatic rings. The van der Waals surface area contributed by atoms with Crippen LogP contribution in [0.25, 0.3) is 0 Å². The molecule has 0 spiro atoms. The molecular weight excluding hydrogens is 579 g/mol. The van der Waals surface area contributed by atoms with Crippen LogP contribution in [0.1, 0.15) is 89.5 Å². The van der Waals surface area contributed by atoms with Crippen molar-refractivity contribution in [1.29, 1.82) is 0 Å². The number of aromatic hydroxyl groups is 2. The predicted molar refractivity (Wildman–Crippen MR) is 158 cm³/mol. The van der Waals surface area contributed by atoms with E-state index in [1.807, 2.05) is 24.6 Å². The van der Waals surface area contributed by atoms with Crippen LogP contribution in [0.5, 0.6) is 11.5 Å². The summed E-state index contributed by atoms with van der Waals surface area (Å²) in [5.41, 5.74) is 3.83. The number of carboxylic acids is 2. The maximum atomic E-state index is 10.4. The van der Waals surface area contributed by atoms with Gasteiger partial charge in [-0.15, -0.1) is 0 Å². The Balaban J connectivity index is 0.000000873. The minimum Gasteiger partial charge on any atom is -0.550 e. The van der Waals surface area contributed by atoms with Crippen LogP contribution in [-0.4, -0.2) is 46.2 Å². The summed E-state index contributed by atoms with van der Waals surface area (Å²) in [4.78, 5) is 27.8. The minimum absolute atomic E-state index is 0. The number of carbonyl (C=O) groups is 2. The van der Waals surface area contributed by atoms with Gasteiger partial charge in [-0.1, -0.05) is 39.8 Å². The smallest absolute Gasteiger partial charge is 0.550 e. The van der Waals surface area contributed by atoms with E-state index in [0.717, 1.165) is 57.1 Å². The first-order chi connectivity index (χ1) is 19.2. The Morgan fingerprint density at radius 2 is 1.36 bits per heavy atom. The molecule has 3 atom stereocenters. The number of nitrogens with zero attached hydrogens (tertiary/aromatic N) is 2. The summed E-state index contributed by atoms with van der Waals surface area (Å²) < 4.78 is 0. The molecule has 0 aliphatic heterocycles. The quantitative estimate of drug-likeness (QED) is 0.428. The van der Waals surface area contributed by atoms with Gasteiger partial charge < -0.3 is 30.0 Å². The van der Waals surface area contributed by atoms with Crippen molar-refractivity contribution in [2.75, 3.05) is 0 Å². The third kappa shape index (κ3) is 12.0. The van der Waals surface area contributed by atoms with Crippen LogP contribution in [0, 0.1) is 17.8 Å². The van der Waals surface area contributed by atoms with E-state index in [9.17, 15) is 10.2 Å². The number of hydrogen-bond donors (Lipinski definition) is 2. The zero-order chi connectivity index (χ0) is 30.7. The number of phenolic OH excluding ortho intramolecular Hbond substituents is 2. The third-order valence-corrected chi connectivity index (χ3v) is 7.13. The molecule has 9 heteroatoms. The van der Waals surface area contributed by atoms with Crippen molar-refractivity contribution < 1.29 is 46.8 Å².